The van der Waals surface area contributed by atoms with Gasteiger partial charge < -0.3 is 10.1 Å². The third kappa shape index (κ3) is 4.57. The fourth-order valence-corrected chi connectivity index (χ4v) is 1.18. The molecule has 1 N–H and O–H groups in total. The second-order valence-electron chi connectivity index (χ2n) is 4.60. The lowest BCUT2D eigenvalue weighted by atomic mass is 10.1. The Balaban J connectivity index is 2.38. The molecule has 0 radical (unpaired) electrons. The Morgan fingerprint density at radius 2 is 1.94 bits per heavy atom. The molecule has 0 aromatic heterocycles. The molecule has 4 heteroatoms. The van der Waals surface area contributed by atoms with Gasteiger partial charge in [-0.25, -0.2) is 8.78 Å². The highest BCUT2D eigenvalue weighted by molar-refractivity contribution is 5.24. The second kappa shape index (κ2) is 5.25. The van der Waals surface area contributed by atoms with Gasteiger partial charge in [-0.1, -0.05) is 0 Å². The Hall–Kier alpha value is -1.16. The van der Waals surface area contributed by atoms with E-state index < -0.39 is 11.6 Å². The van der Waals surface area contributed by atoms with Crippen molar-refractivity contribution in [1.29, 1.82) is 0 Å². The van der Waals surface area contributed by atoms with E-state index in [2.05, 4.69) is 5.32 Å². The van der Waals surface area contributed by atoms with Crippen LogP contribution >= 0.6 is 0 Å². The smallest absolute Gasteiger partial charge is 0.167 e. The lowest BCUT2D eigenvalue weighted by Crippen LogP contribution is -2.38. The molecule has 0 amide bonds. The zero-order valence-corrected chi connectivity index (χ0v) is 9.81. The van der Waals surface area contributed by atoms with E-state index >= 15 is 0 Å². The summed E-state index contributed by atoms with van der Waals surface area (Å²) in [7, 11) is 0. The Morgan fingerprint density at radius 3 is 2.50 bits per heavy atom. The van der Waals surface area contributed by atoms with Crippen LogP contribution in [0.4, 0.5) is 8.78 Å². The van der Waals surface area contributed by atoms with Crippen molar-refractivity contribution < 1.29 is 13.5 Å². The predicted molar refractivity (Wildman–Crippen MR) is 59.6 cm³/mol. The van der Waals surface area contributed by atoms with E-state index in [4.69, 9.17) is 4.74 Å². The van der Waals surface area contributed by atoms with Gasteiger partial charge in [0.15, 0.2) is 11.6 Å². The molecular weight excluding hydrogens is 212 g/mol. The van der Waals surface area contributed by atoms with Crippen LogP contribution in [0.15, 0.2) is 18.2 Å². The van der Waals surface area contributed by atoms with Crippen molar-refractivity contribution in [3.63, 3.8) is 0 Å². The van der Waals surface area contributed by atoms with Gasteiger partial charge in [-0.15, -0.1) is 0 Å². The molecule has 0 aliphatic heterocycles. The first-order chi connectivity index (χ1) is 7.38. The van der Waals surface area contributed by atoms with Crippen molar-refractivity contribution in [2.45, 2.75) is 26.3 Å². The van der Waals surface area contributed by atoms with Gasteiger partial charge in [-0.3, -0.25) is 0 Å². The molecule has 0 bridgehead atoms. The maximum absolute atomic E-state index is 13.1. The lowest BCUT2D eigenvalue weighted by molar-refractivity contribution is 0.279. The summed E-state index contributed by atoms with van der Waals surface area (Å²) in [6.07, 6.45) is 0. The van der Waals surface area contributed by atoms with Gasteiger partial charge in [-0.2, -0.15) is 0 Å². The van der Waals surface area contributed by atoms with Gasteiger partial charge in [0.25, 0.3) is 0 Å². The molecule has 1 aromatic carbocycles. The van der Waals surface area contributed by atoms with Crippen molar-refractivity contribution in [3.05, 3.63) is 29.8 Å². The van der Waals surface area contributed by atoms with Crippen LogP contribution in [0.5, 0.6) is 5.75 Å². The van der Waals surface area contributed by atoms with Gasteiger partial charge in [0.05, 0.1) is 0 Å². The van der Waals surface area contributed by atoms with E-state index in [1.54, 1.807) is 0 Å². The minimum Gasteiger partial charge on any atom is -0.489 e. The summed E-state index contributed by atoms with van der Waals surface area (Å²) in [5.74, 6) is -1.19. The first kappa shape index (κ1) is 12.9. The molecule has 2 nitrogen and oxygen atoms in total. The Bertz CT molecular complexity index is 347. The molecule has 90 valence electrons. The molecule has 16 heavy (non-hydrogen) atoms. The highest BCUT2D eigenvalue weighted by Gasteiger charge is 2.08. The fourth-order valence-electron chi connectivity index (χ4n) is 1.18. The number of ether oxygens (including phenoxy) is 1. The van der Waals surface area contributed by atoms with Gasteiger partial charge >= 0.3 is 0 Å². The highest BCUT2D eigenvalue weighted by Crippen LogP contribution is 2.17. The average molecular weight is 229 g/mol. The van der Waals surface area contributed by atoms with Gasteiger partial charge in [0, 0.05) is 18.2 Å². The molecule has 1 aromatic rings. The third-order valence-electron chi connectivity index (χ3n) is 1.91. The number of nitrogens with one attached hydrogen (secondary N) is 1. The molecule has 0 aliphatic rings. The van der Waals surface area contributed by atoms with Crippen LogP contribution in [0.25, 0.3) is 0 Å². The van der Waals surface area contributed by atoms with Gasteiger partial charge in [0.1, 0.15) is 12.4 Å². The van der Waals surface area contributed by atoms with Crippen LogP contribution in [-0.2, 0) is 0 Å². The summed E-state index contributed by atoms with van der Waals surface area (Å²) in [6.45, 7) is 7.06. The lowest BCUT2D eigenvalue weighted by Gasteiger charge is -2.20. The molecule has 0 unspecified atom stereocenters. The molecule has 0 spiro atoms. The van der Waals surface area contributed by atoms with Crippen LogP contribution in [0, 0.1) is 11.6 Å². The number of halogens is 2. The van der Waals surface area contributed by atoms with Gasteiger partial charge in [-0.05, 0) is 32.9 Å². The van der Waals surface area contributed by atoms with Crippen LogP contribution in [-0.4, -0.2) is 18.7 Å². The van der Waals surface area contributed by atoms with Crippen molar-refractivity contribution in [3.8, 4) is 5.75 Å². The van der Waals surface area contributed by atoms with Crippen molar-refractivity contribution in [2.24, 2.45) is 0 Å². The Kier molecular flexibility index (Phi) is 4.24. The molecule has 0 saturated carbocycles. The third-order valence-corrected chi connectivity index (χ3v) is 1.91. The van der Waals surface area contributed by atoms with Crippen LogP contribution in [0.3, 0.4) is 0 Å². The summed E-state index contributed by atoms with van der Waals surface area (Å²) in [6, 6.07) is 3.28. The standard InChI is InChI=1S/C12H17F2NO/c1-12(2,3)15-6-7-16-11-5-4-9(13)8-10(11)14/h4-5,8,15H,6-7H2,1-3H3. The number of benzene rings is 1. The van der Waals surface area contributed by atoms with E-state index in [1.165, 1.54) is 12.1 Å². The number of hydrogen-bond acceptors (Lipinski definition) is 2. The molecule has 0 fully saturated rings. The second-order valence-corrected chi connectivity index (χ2v) is 4.60. The summed E-state index contributed by atoms with van der Waals surface area (Å²) in [4.78, 5) is 0. The monoisotopic (exact) mass is 229 g/mol. The zero-order valence-electron chi connectivity index (χ0n) is 9.81. The zero-order chi connectivity index (χ0) is 12.2. The largest absolute Gasteiger partial charge is 0.489 e. The predicted octanol–water partition coefficient (Wildman–Crippen LogP) is 2.73. The first-order valence-corrected chi connectivity index (χ1v) is 5.21. The number of rotatable bonds is 4. The quantitative estimate of drug-likeness (QED) is 0.801. The van der Waals surface area contributed by atoms with E-state index in [1.807, 2.05) is 20.8 Å². The van der Waals surface area contributed by atoms with Crippen LogP contribution in [0.2, 0.25) is 0 Å². The topological polar surface area (TPSA) is 21.3 Å². The van der Waals surface area contributed by atoms with E-state index in [0.717, 1.165) is 6.07 Å². The molecule has 1 rings (SSSR count). The van der Waals surface area contributed by atoms with Crippen molar-refractivity contribution >= 4 is 0 Å². The van der Waals surface area contributed by atoms with Crippen LogP contribution < -0.4 is 10.1 Å². The van der Waals surface area contributed by atoms with Gasteiger partial charge in [0.2, 0.25) is 0 Å². The summed E-state index contributed by atoms with van der Waals surface area (Å²) >= 11 is 0. The molecule has 0 heterocycles. The maximum Gasteiger partial charge on any atom is 0.167 e. The first-order valence-electron chi connectivity index (χ1n) is 5.21. The summed E-state index contributed by atoms with van der Waals surface area (Å²) < 4.78 is 30.9. The van der Waals surface area contributed by atoms with Crippen molar-refractivity contribution in [2.75, 3.05) is 13.2 Å². The van der Waals surface area contributed by atoms with Crippen molar-refractivity contribution in [1.82, 2.24) is 5.32 Å². The molecule has 0 atom stereocenters. The van der Waals surface area contributed by atoms with E-state index in [9.17, 15) is 8.78 Å². The normalized spacial score (nSPS) is 11.6. The van der Waals surface area contributed by atoms with Crippen LogP contribution in [0.1, 0.15) is 20.8 Å². The Labute approximate surface area is 94.6 Å². The fraction of sp³-hybridized carbons (Fsp3) is 0.500. The minimum absolute atomic E-state index is 0.00466. The van der Waals surface area contributed by atoms with E-state index in [0.29, 0.717) is 13.2 Å². The SMILES string of the molecule is CC(C)(C)NCCOc1ccc(F)cc1F. The molecule has 0 saturated heterocycles. The molecular formula is C12H17F2NO. The Morgan fingerprint density at radius 1 is 1.25 bits per heavy atom. The van der Waals surface area contributed by atoms with E-state index in [-0.39, 0.29) is 11.3 Å². The summed E-state index contributed by atoms with van der Waals surface area (Å²) in [5.41, 5.74) is 0.00466. The summed E-state index contributed by atoms with van der Waals surface area (Å²) in [5, 5.41) is 3.20. The number of hydrogen-bond donors (Lipinski definition) is 1. The molecule has 0 aliphatic carbocycles. The minimum atomic E-state index is -0.671. The highest BCUT2D eigenvalue weighted by atomic mass is 19.1. The average Bonchev–Trinajstić information content (AvgIpc) is 2.13. The maximum atomic E-state index is 13.1.